The summed E-state index contributed by atoms with van der Waals surface area (Å²) >= 11 is 5.05. The number of amides is 2. The van der Waals surface area contributed by atoms with Crippen LogP contribution in [-0.2, 0) is 9.59 Å². The van der Waals surface area contributed by atoms with Crippen molar-refractivity contribution in [3.8, 4) is 0 Å². The molecular weight excluding hydrogens is 331 g/mol. The first-order chi connectivity index (χ1) is 11.6. The molecule has 1 aromatic carbocycles. The summed E-state index contributed by atoms with van der Waals surface area (Å²) in [5, 5.41) is 2.39. The lowest BCUT2D eigenvalue weighted by Crippen LogP contribution is -2.54. The van der Waals surface area contributed by atoms with Crippen LogP contribution in [0.5, 0.6) is 0 Å². The van der Waals surface area contributed by atoms with Gasteiger partial charge in [-0.25, -0.2) is 4.39 Å². The second kappa shape index (κ2) is 6.59. The Morgan fingerprint density at radius 3 is 2.58 bits per heavy atom. The zero-order chi connectivity index (χ0) is 17.1. The molecule has 0 aliphatic carbocycles. The number of furan rings is 1. The summed E-state index contributed by atoms with van der Waals surface area (Å²) in [6.07, 6.45) is 6.03. The second-order valence-corrected chi connectivity index (χ2v) is 5.22. The number of hydrogen-bond donors (Lipinski definition) is 1. The number of anilines is 1. The largest absolute Gasteiger partial charge is 0.465 e. The standard InChI is InChI=1S/C17H11FN2O3S/c18-11-6-8-12(9-7-11)20-16(22)14(15(21)19-17(20)24)5-1-3-13-4-2-10-23-13/h1-10H,(H,19,21,24)/b3-1-,14-5-. The number of nitrogens with one attached hydrogen (secondary N) is 1. The number of thiocarbonyl (C=S) groups is 1. The normalized spacial score (nSPS) is 17.0. The maximum absolute atomic E-state index is 13.1. The predicted octanol–water partition coefficient (Wildman–Crippen LogP) is 2.81. The Morgan fingerprint density at radius 1 is 1.17 bits per heavy atom. The fraction of sp³-hybridized carbons (Fsp3) is 0. The Labute approximate surface area is 142 Å². The van der Waals surface area contributed by atoms with Crippen molar-refractivity contribution in [2.24, 2.45) is 0 Å². The molecule has 2 aromatic rings. The summed E-state index contributed by atoms with van der Waals surface area (Å²) in [4.78, 5) is 25.7. The van der Waals surface area contributed by atoms with Gasteiger partial charge in [-0.15, -0.1) is 0 Å². The van der Waals surface area contributed by atoms with Gasteiger partial charge in [0, 0.05) is 0 Å². The van der Waals surface area contributed by atoms with E-state index in [0.717, 1.165) is 4.90 Å². The van der Waals surface area contributed by atoms with E-state index in [-0.39, 0.29) is 10.7 Å². The van der Waals surface area contributed by atoms with Crippen molar-refractivity contribution in [2.75, 3.05) is 4.90 Å². The van der Waals surface area contributed by atoms with Crippen LogP contribution in [0.4, 0.5) is 10.1 Å². The molecule has 1 aromatic heterocycles. The molecule has 0 saturated carbocycles. The van der Waals surface area contributed by atoms with Crippen LogP contribution >= 0.6 is 12.2 Å². The molecule has 24 heavy (non-hydrogen) atoms. The average molecular weight is 342 g/mol. The fourth-order valence-electron chi connectivity index (χ4n) is 2.13. The van der Waals surface area contributed by atoms with Crippen molar-refractivity contribution in [3.05, 3.63) is 72.0 Å². The zero-order valence-corrected chi connectivity index (χ0v) is 13.0. The van der Waals surface area contributed by atoms with Gasteiger partial charge in [0.25, 0.3) is 11.8 Å². The highest BCUT2D eigenvalue weighted by atomic mass is 32.1. The first kappa shape index (κ1) is 15.8. The van der Waals surface area contributed by atoms with Gasteiger partial charge in [0.1, 0.15) is 17.2 Å². The highest BCUT2D eigenvalue weighted by Gasteiger charge is 2.34. The van der Waals surface area contributed by atoms with Crippen LogP contribution < -0.4 is 10.2 Å². The van der Waals surface area contributed by atoms with Gasteiger partial charge in [-0.05, 0) is 60.8 Å². The van der Waals surface area contributed by atoms with Crippen molar-refractivity contribution >= 4 is 40.9 Å². The molecule has 0 spiro atoms. The van der Waals surface area contributed by atoms with E-state index >= 15 is 0 Å². The van der Waals surface area contributed by atoms with Crippen LogP contribution in [0.3, 0.4) is 0 Å². The van der Waals surface area contributed by atoms with Crippen molar-refractivity contribution in [3.63, 3.8) is 0 Å². The summed E-state index contributed by atoms with van der Waals surface area (Å²) in [7, 11) is 0. The van der Waals surface area contributed by atoms with Crippen LogP contribution in [0.2, 0.25) is 0 Å². The van der Waals surface area contributed by atoms with Gasteiger partial charge in [-0.3, -0.25) is 19.8 Å². The Kier molecular flexibility index (Phi) is 4.35. The molecule has 2 heterocycles. The van der Waals surface area contributed by atoms with E-state index in [1.165, 1.54) is 42.7 Å². The number of allylic oxidation sites excluding steroid dienone is 2. The number of nitrogens with zero attached hydrogens (tertiary/aromatic N) is 1. The Balaban J connectivity index is 1.89. The molecule has 120 valence electrons. The van der Waals surface area contributed by atoms with E-state index in [1.807, 2.05) is 0 Å². The lowest BCUT2D eigenvalue weighted by atomic mass is 10.1. The van der Waals surface area contributed by atoms with Gasteiger partial charge >= 0.3 is 0 Å². The van der Waals surface area contributed by atoms with E-state index < -0.39 is 17.6 Å². The van der Waals surface area contributed by atoms with E-state index in [9.17, 15) is 14.0 Å². The van der Waals surface area contributed by atoms with E-state index in [0.29, 0.717) is 11.4 Å². The van der Waals surface area contributed by atoms with Gasteiger partial charge in [-0.1, -0.05) is 6.08 Å². The maximum Gasteiger partial charge on any atom is 0.270 e. The second-order valence-electron chi connectivity index (χ2n) is 4.83. The number of benzene rings is 1. The number of halogens is 1. The third kappa shape index (κ3) is 3.16. The molecule has 5 nitrogen and oxygen atoms in total. The molecule has 3 rings (SSSR count). The number of hydrogen-bond acceptors (Lipinski definition) is 4. The SMILES string of the molecule is O=C1NC(=S)N(c2ccc(F)cc2)C(=O)/C1=C\C=C/c1ccco1. The fourth-order valence-corrected chi connectivity index (χ4v) is 2.41. The Morgan fingerprint density at radius 2 is 1.92 bits per heavy atom. The van der Waals surface area contributed by atoms with Crippen molar-refractivity contribution < 1.29 is 18.4 Å². The first-order valence-corrected chi connectivity index (χ1v) is 7.34. The van der Waals surface area contributed by atoms with Gasteiger partial charge in [0.15, 0.2) is 5.11 Å². The molecular formula is C17H11FN2O3S. The lowest BCUT2D eigenvalue weighted by Gasteiger charge is -2.28. The lowest BCUT2D eigenvalue weighted by molar-refractivity contribution is -0.122. The van der Waals surface area contributed by atoms with E-state index in [1.54, 1.807) is 18.2 Å². The molecule has 0 radical (unpaired) electrons. The summed E-state index contributed by atoms with van der Waals surface area (Å²) in [6.45, 7) is 0. The minimum absolute atomic E-state index is 0.0521. The Bertz CT molecular complexity index is 854. The summed E-state index contributed by atoms with van der Waals surface area (Å²) in [5.41, 5.74) is 0.281. The molecule has 1 fully saturated rings. The van der Waals surface area contributed by atoms with Gasteiger partial charge < -0.3 is 4.42 Å². The Hall–Kier alpha value is -3.06. The third-order valence-electron chi connectivity index (χ3n) is 3.25. The summed E-state index contributed by atoms with van der Waals surface area (Å²) in [5.74, 6) is -1.02. The molecule has 0 unspecified atom stereocenters. The highest BCUT2D eigenvalue weighted by Crippen LogP contribution is 2.21. The molecule has 1 N–H and O–H groups in total. The average Bonchev–Trinajstić information content (AvgIpc) is 3.05. The third-order valence-corrected chi connectivity index (χ3v) is 3.54. The summed E-state index contributed by atoms with van der Waals surface area (Å²) < 4.78 is 18.2. The molecule has 7 heteroatoms. The van der Waals surface area contributed by atoms with Crippen LogP contribution in [0.1, 0.15) is 5.76 Å². The van der Waals surface area contributed by atoms with Gasteiger partial charge in [0.05, 0.1) is 12.0 Å². The molecule has 1 saturated heterocycles. The monoisotopic (exact) mass is 342 g/mol. The van der Waals surface area contributed by atoms with E-state index in [4.69, 9.17) is 16.6 Å². The van der Waals surface area contributed by atoms with Crippen molar-refractivity contribution in [1.29, 1.82) is 0 Å². The molecule has 0 bridgehead atoms. The first-order valence-electron chi connectivity index (χ1n) is 6.93. The maximum atomic E-state index is 13.1. The van der Waals surface area contributed by atoms with Crippen LogP contribution in [-0.4, -0.2) is 16.9 Å². The van der Waals surface area contributed by atoms with E-state index in [2.05, 4.69) is 5.32 Å². The highest BCUT2D eigenvalue weighted by molar-refractivity contribution is 7.80. The van der Waals surface area contributed by atoms with Crippen LogP contribution in [0.25, 0.3) is 6.08 Å². The zero-order valence-electron chi connectivity index (χ0n) is 12.2. The smallest absolute Gasteiger partial charge is 0.270 e. The van der Waals surface area contributed by atoms with Gasteiger partial charge in [-0.2, -0.15) is 0 Å². The molecule has 2 amide bonds. The van der Waals surface area contributed by atoms with Crippen molar-refractivity contribution in [1.82, 2.24) is 5.32 Å². The van der Waals surface area contributed by atoms with Crippen LogP contribution in [0, 0.1) is 5.82 Å². The number of carbonyl (C=O) groups is 2. The van der Waals surface area contributed by atoms with Crippen LogP contribution in [0.15, 0.2) is 64.8 Å². The number of rotatable bonds is 3. The quantitative estimate of drug-likeness (QED) is 0.529. The van der Waals surface area contributed by atoms with Crippen molar-refractivity contribution in [2.45, 2.75) is 0 Å². The minimum Gasteiger partial charge on any atom is -0.465 e. The molecule has 1 aliphatic rings. The van der Waals surface area contributed by atoms with Gasteiger partial charge in [0.2, 0.25) is 0 Å². The topological polar surface area (TPSA) is 62.6 Å². The predicted molar refractivity (Wildman–Crippen MR) is 90.5 cm³/mol. The minimum atomic E-state index is -0.590. The number of carbonyl (C=O) groups excluding carboxylic acids is 2. The summed E-state index contributed by atoms with van der Waals surface area (Å²) in [6, 6.07) is 8.70. The molecule has 1 aliphatic heterocycles. The molecule has 0 atom stereocenters.